The minimum absolute atomic E-state index is 0.0904. The monoisotopic (exact) mass is 332 g/mol. The summed E-state index contributed by atoms with van der Waals surface area (Å²) < 4.78 is 5.20. The zero-order chi connectivity index (χ0) is 17.3. The first-order valence-electron chi connectivity index (χ1n) is 7.48. The average Bonchev–Trinajstić information content (AvgIpc) is 3.06. The van der Waals surface area contributed by atoms with Gasteiger partial charge in [-0.15, -0.1) is 0 Å². The fourth-order valence-corrected chi connectivity index (χ4v) is 3.04. The van der Waals surface area contributed by atoms with E-state index in [4.69, 9.17) is 9.84 Å². The number of carboxylic acids is 1. The highest BCUT2D eigenvalue weighted by Gasteiger charge is 2.41. The van der Waals surface area contributed by atoms with Crippen LogP contribution in [0.15, 0.2) is 24.3 Å². The number of carbonyl (C=O) groups is 4. The Morgan fingerprint density at radius 1 is 1.21 bits per heavy atom. The van der Waals surface area contributed by atoms with Gasteiger partial charge in [-0.3, -0.25) is 24.1 Å². The van der Waals surface area contributed by atoms with E-state index in [0.29, 0.717) is 13.0 Å². The van der Waals surface area contributed by atoms with Crippen molar-refractivity contribution in [3.05, 3.63) is 35.4 Å². The lowest BCUT2D eigenvalue weighted by Crippen LogP contribution is -2.53. The molecule has 2 N–H and O–H groups in total. The van der Waals surface area contributed by atoms with Gasteiger partial charge in [0.05, 0.1) is 29.7 Å². The molecule has 8 nitrogen and oxygen atoms in total. The first-order valence-corrected chi connectivity index (χ1v) is 7.48. The molecule has 0 bridgehead atoms. The molecule has 0 radical (unpaired) electrons. The zero-order valence-electron chi connectivity index (χ0n) is 12.8. The SMILES string of the molecule is O=C(O)CC1(NC(=O)CN2C(=O)c3ccccc3C2=O)CCOC1. The molecule has 0 aliphatic carbocycles. The van der Waals surface area contributed by atoms with Gasteiger partial charge in [-0.1, -0.05) is 12.1 Å². The average molecular weight is 332 g/mol. The Labute approximate surface area is 137 Å². The van der Waals surface area contributed by atoms with E-state index in [2.05, 4.69) is 5.32 Å². The molecule has 3 rings (SSSR count). The minimum Gasteiger partial charge on any atom is -0.481 e. The van der Waals surface area contributed by atoms with Crippen molar-refractivity contribution in [2.24, 2.45) is 0 Å². The summed E-state index contributed by atoms with van der Waals surface area (Å²) in [7, 11) is 0. The Morgan fingerprint density at radius 3 is 2.33 bits per heavy atom. The van der Waals surface area contributed by atoms with Crippen LogP contribution in [0.5, 0.6) is 0 Å². The molecule has 1 atom stereocenters. The van der Waals surface area contributed by atoms with Crippen molar-refractivity contribution >= 4 is 23.7 Å². The van der Waals surface area contributed by atoms with E-state index >= 15 is 0 Å². The second-order valence-corrected chi connectivity index (χ2v) is 5.94. The highest BCUT2D eigenvalue weighted by molar-refractivity contribution is 6.22. The number of nitrogens with one attached hydrogen (secondary N) is 1. The van der Waals surface area contributed by atoms with Crippen LogP contribution in [-0.2, 0) is 14.3 Å². The minimum atomic E-state index is -1.05. The van der Waals surface area contributed by atoms with Crippen molar-refractivity contribution in [2.45, 2.75) is 18.4 Å². The zero-order valence-corrected chi connectivity index (χ0v) is 12.8. The summed E-state index contributed by atoms with van der Waals surface area (Å²) in [4.78, 5) is 48.6. The van der Waals surface area contributed by atoms with E-state index in [1.165, 1.54) is 12.1 Å². The first-order chi connectivity index (χ1) is 11.4. The lowest BCUT2D eigenvalue weighted by atomic mass is 9.94. The topological polar surface area (TPSA) is 113 Å². The summed E-state index contributed by atoms with van der Waals surface area (Å²) in [6.07, 6.45) is 0.0913. The number of imide groups is 1. The number of hydrogen-bond donors (Lipinski definition) is 2. The van der Waals surface area contributed by atoms with Crippen molar-refractivity contribution in [3.63, 3.8) is 0 Å². The largest absolute Gasteiger partial charge is 0.481 e. The van der Waals surface area contributed by atoms with E-state index in [-0.39, 0.29) is 24.2 Å². The highest BCUT2D eigenvalue weighted by atomic mass is 16.5. The predicted octanol–water partition coefficient (Wildman–Crippen LogP) is 0.0326. The number of carbonyl (C=O) groups excluding carboxylic acids is 3. The number of ether oxygens (including phenoxy) is 1. The van der Waals surface area contributed by atoms with Crippen molar-refractivity contribution in [1.29, 1.82) is 0 Å². The lowest BCUT2D eigenvalue weighted by Gasteiger charge is -2.27. The molecule has 0 aromatic heterocycles. The van der Waals surface area contributed by atoms with Crippen molar-refractivity contribution in [3.8, 4) is 0 Å². The molecule has 1 fully saturated rings. The molecule has 2 aliphatic rings. The summed E-state index contributed by atoms with van der Waals surface area (Å²) in [5.74, 6) is -2.70. The van der Waals surface area contributed by atoms with Crippen molar-refractivity contribution < 1.29 is 29.0 Å². The molecule has 1 aromatic carbocycles. The van der Waals surface area contributed by atoms with Gasteiger partial charge in [-0.25, -0.2) is 0 Å². The maximum Gasteiger partial charge on any atom is 0.305 e. The quantitative estimate of drug-likeness (QED) is 0.736. The van der Waals surface area contributed by atoms with Gasteiger partial charge in [0, 0.05) is 6.61 Å². The number of nitrogens with zero attached hydrogens (tertiary/aromatic N) is 1. The van der Waals surface area contributed by atoms with Crippen LogP contribution in [0.1, 0.15) is 33.6 Å². The second-order valence-electron chi connectivity index (χ2n) is 5.94. The fraction of sp³-hybridized carbons (Fsp3) is 0.375. The van der Waals surface area contributed by atoms with Crippen LogP contribution in [0.25, 0.3) is 0 Å². The molecule has 24 heavy (non-hydrogen) atoms. The number of fused-ring (bicyclic) bond motifs is 1. The summed E-state index contributed by atoms with van der Waals surface area (Å²) in [5, 5.41) is 11.6. The molecule has 8 heteroatoms. The third-order valence-electron chi connectivity index (χ3n) is 4.18. The van der Waals surface area contributed by atoms with Crippen LogP contribution in [0.4, 0.5) is 0 Å². The normalized spacial score (nSPS) is 22.6. The third kappa shape index (κ3) is 2.88. The van der Waals surface area contributed by atoms with Crippen molar-refractivity contribution in [1.82, 2.24) is 10.2 Å². The summed E-state index contributed by atoms with van der Waals surface area (Å²) >= 11 is 0. The van der Waals surface area contributed by atoms with Crippen LogP contribution in [0, 0.1) is 0 Å². The fourth-order valence-electron chi connectivity index (χ4n) is 3.04. The van der Waals surface area contributed by atoms with Crippen LogP contribution < -0.4 is 5.32 Å². The lowest BCUT2D eigenvalue weighted by molar-refractivity contribution is -0.139. The molecule has 0 saturated carbocycles. The van der Waals surface area contributed by atoms with Crippen LogP contribution >= 0.6 is 0 Å². The molecule has 1 unspecified atom stereocenters. The number of carboxylic acid groups (broad SMARTS) is 1. The second kappa shape index (κ2) is 6.04. The van der Waals surface area contributed by atoms with Gasteiger partial charge in [0.2, 0.25) is 5.91 Å². The third-order valence-corrected chi connectivity index (χ3v) is 4.18. The van der Waals surface area contributed by atoms with Gasteiger partial charge in [-0.05, 0) is 18.6 Å². The maximum absolute atomic E-state index is 12.3. The number of amides is 3. The van der Waals surface area contributed by atoms with Gasteiger partial charge >= 0.3 is 5.97 Å². The van der Waals surface area contributed by atoms with E-state index < -0.39 is 35.8 Å². The molecule has 0 spiro atoms. The number of rotatable bonds is 5. The Morgan fingerprint density at radius 2 is 1.83 bits per heavy atom. The van der Waals surface area contributed by atoms with Gasteiger partial charge in [-0.2, -0.15) is 0 Å². The van der Waals surface area contributed by atoms with Gasteiger partial charge < -0.3 is 15.2 Å². The predicted molar refractivity (Wildman–Crippen MR) is 80.4 cm³/mol. The number of benzene rings is 1. The smallest absolute Gasteiger partial charge is 0.305 e. The van der Waals surface area contributed by atoms with Crippen LogP contribution in [0.2, 0.25) is 0 Å². The Kier molecular flexibility index (Phi) is 4.06. The summed E-state index contributed by atoms with van der Waals surface area (Å²) in [6, 6.07) is 6.35. The number of aliphatic carboxylic acids is 1. The van der Waals surface area contributed by atoms with Gasteiger partial charge in [0.1, 0.15) is 6.54 Å². The molecule has 1 saturated heterocycles. The summed E-state index contributed by atoms with van der Waals surface area (Å²) in [5.41, 5.74) is -0.471. The van der Waals surface area contributed by atoms with Gasteiger partial charge in [0.15, 0.2) is 0 Å². The molecule has 2 heterocycles. The highest BCUT2D eigenvalue weighted by Crippen LogP contribution is 2.24. The molecule has 1 aromatic rings. The standard InChI is InChI=1S/C16H16N2O6/c19-12(17-16(7-13(20)21)5-6-24-9-16)8-18-14(22)10-3-1-2-4-11(10)15(18)23/h1-4H,5-9H2,(H,17,19)(H,20,21). The Hall–Kier alpha value is -2.74. The Bertz CT molecular complexity index is 688. The van der Waals surface area contributed by atoms with Crippen molar-refractivity contribution in [2.75, 3.05) is 19.8 Å². The Balaban J connectivity index is 1.70. The van der Waals surface area contributed by atoms with E-state index in [1.807, 2.05) is 0 Å². The van der Waals surface area contributed by atoms with E-state index in [9.17, 15) is 19.2 Å². The molecular weight excluding hydrogens is 316 g/mol. The maximum atomic E-state index is 12.3. The first kappa shape index (κ1) is 16.1. The summed E-state index contributed by atoms with van der Waals surface area (Å²) in [6.45, 7) is -0.0124. The number of hydrogen-bond acceptors (Lipinski definition) is 5. The molecule has 2 aliphatic heterocycles. The van der Waals surface area contributed by atoms with E-state index in [1.54, 1.807) is 12.1 Å². The van der Waals surface area contributed by atoms with Crippen LogP contribution in [-0.4, -0.2) is 59.0 Å². The molecule has 126 valence electrons. The molecular formula is C16H16N2O6. The van der Waals surface area contributed by atoms with Crippen LogP contribution in [0.3, 0.4) is 0 Å². The van der Waals surface area contributed by atoms with E-state index in [0.717, 1.165) is 4.90 Å². The van der Waals surface area contributed by atoms with Gasteiger partial charge in [0.25, 0.3) is 11.8 Å². The molecule has 3 amide bonds.